The van der Waals surface area contributed by atoms with E-state index in [1.807, 2.05) is 0 Å². The predicted octanol–water partition coefficient (Wildman–Crippen LogP) is 1.98. The molecule has 0 aliphatic carbocycles. The van der Waals surface area contributed by atoms with Crippen LogP contribution in [0.25, 0.3) is 0 Å². The fourth-order valence-electron chi connectivity index (χ4n) is 2.70. The van der Waals surface area contributed by atoms with Crippen LogP contribution in [0.15, 0.2) is 18.3 Å². The first-order chi connectivity index (χ1) is 9.72. The maximum absolute atomic E-state index is 12.9. The molecule has 0 aromatic carbocycles. The second-order valence-corrected chi connectivity index (χ2v) is 5.25. The van der Waals surface area contributed by atoms with E-state index in [4.69, 9.17) is 4.74 Å². The van der Waals surface area contributed by atoms with Gasteiger partial charge in [-0.3, -0.25) is 4.98 Å². The largest absolute Gasteiger partial charge is 0.380 e. The molecule has 2 heterocycles. The van der Waals surface area contributed by atoms with Crippen molar-refractivity contribution in [3.8, 4) is 0 Å². The Labute approximate surface area is 120 Å². The number of hydrogen-bond acceptors (Lipinski definition) is 4. The summed E-state index contributed by atoms with van der Waals surface area (Å²) in [5.74, 6) is -0.286. The Morgan fingerprint density at radius 3 is 3.00 bits per heavy atom. The lowest BCUT2D eigenvalue weighted by molar-refractivity contribution is 0.107. The molecule has 0 amide bonds. The van der Waals surface area contributed by atoms with Crippen molar-refractivity contribution in [2.75, 3.05) is 33.3 Å². The number of halogens is 1. The molecule has 2 rings (SSSR count). The molecule has 1 N–H and O–H groups in total. The molecule has 1 fully saturated rings. The lowest BCUT2D eigenvalue weighted by atomic mass is 10.1. The van der Waals surface area contributed by atoms with Crippen LogP contribution in [0.3, 0.4) is 0 Å². The fraction of sp³-hybridized carbons (Fsp3) is 0.667. The summed E-state index contributed by atoms with van der Waals surface area (Å²) in [4.78, 5) is 6.61. The molecule has 1 aliphatic heterocycles. The third-order valence-electron chi connectivity index (χ3n) is 3.85. The highest BCUT2D eigenvalue weighted by Crippen LogP contribution is 2.18. The summed E-state index contributed by atoms with van der Waals surface area (Å²) in [6.07, 6.45) is 3.74. The standard InChI is InChI=1S/C15H24FN3O/c1-3-17-15(14-5-4-12(16)10-18-14)7-9-19-8-6-13(11-19)20-2/h4-5,10,13,15,17H,3,6-9,11H2,1-2H3. The molecule has 5 heteroatoms. The number of aromatic nitrogens is 1. The summed E-state index contributed by atoms with van der Waals surface area (Å²) in [6.45, 7) is 6.06. The number of pyridine rings is 1. The van der Waals surface area contributed by atoms with Gasteiger partial charge in [0.15, 0.2) is 0 Å². The third kappa shape index (κ3) is 4.23. The van der Waals surface area contributed by atoms with E-state index in [0.29, 0.717) is 6.10 Å². The Kier molecular flexibility index (Phi) is 5.88. The van der Waals surface area contributed by atoms with Gasteiger partial charge in [-0.2, -0.15) is 0 Å². The van der Waals surface area contributed by atoms with Gasteiger partial charge in [-0.1, -0.05) is 6.92 Å². The molecule has 0 bridgehead atoms. The monoisotopic (exact) mass is 281 g/mol. The van der Waals surface area contributed by atoms with Crippen molar-refractivity contribution in [2.45, 2.75) is 31.9 Å². The molecule has 1 aliphatic rings. The topological polar surface area (TPSA) is 37.4 Å². The van der Waals surface area contributed by atoms with Crippen molar-refractivity contribution in [1.29, 1.82) is 0 Å². The summed E-state index contributed by atoms with van der Waals surface area (Å²) in [5.41, 5.74) is 0.913. The number of hydrogen-bond donors (Lipinski definition) is 1. The molecular formula is C15H24FN3O. The van der Waals surface area contributed by atoms with Gasteiger partial charge in [-0.15, -0.1) is 0 Å². The van der Waals surface area contributed by atoms with Crippen LogP contribution in [0.1, 0.15) is 31.5 Å². The maximum atomic E-state index is 12.9. The third-order valence-corrected chi connectivity index (χ3v) is 3.85. The maximum Gasteiger partial charge on any atom is 0.141 e. The average molecular weight is 281 g/mol. The van der Waals surface area contributed by atoms with E-state index in [9.17, 15) is 4.39 Å². The van der Waals surface area contributed by atoms with Crippen LogP contribution in [0.4, 0.5) is 4.39 Å². The number of nitrogens with one attached hydrogen (secondary N) is 1. The summed E-state index contributed by atoms with van der Waals surface area (Å²) in [5, 5.41) is 3.42. The first-order valence-electron chi connectivity index (χ1n) is 7.33. The Hall–Kier alpha value is -1.04. The van der Waals surface area contributed by atoms with E-state index in [2.05, 4.69) is 22.1 Å². The molecule has 0 spiro atoms. The van der Waals surface area contributed by atoms with Crippen molar-refractivity contribution < 1.29 is 9.13 Å². The molecule has 2 unspecified atom stereocenters. The minimum absolute atomic E-state index is 0.183. The zero-order valence-corrected chi connectivity index (χ0v) is 12.3. The Morgan fingerprint density at radius 2 is 2.40 bits per heavy atom. The lowest BCUT2D eigenvalue weighted by Gasteiger charge is -2.21. The highest BCUT2D eigenvalue weighted by molar-refractivity contribution is 5.10. The normalized spacial score (nSPS) is 21.2. The number of methoxy groups -OCH3 is 1. The van der Waals surface area contributed by atoms with Gasteiger partial charge in [-0.05, 0) is 31.5 Å². The van der Waals surface area contributed by atoms with Crippen LogP contribution in [0.2, 0.25) is 0 Å². The Morgan fingerprint density at radius 1 is 1.55 bits per heavy atom. The molecule has 1 aromatic rings. The smallest absolute Gasteiger partial charge is 0.141 e. The minimum atomic E-state index is -0.286. The molecule has 1 aromatic heterocycles. The molecule has 4 nitrogen and oxygen atoms in total. The minimum Gasteiger partial charge on any atom is -0.380 e. The van der Waals surface area contributed by atoms with Gasteiger partial charge < -0.3 is 15.0 Å². The van der Waals surface area contributed by atoms with Crippen molar-refractivity contribution in [3.63, 3.8) is 0 Å². The first-order valence-corrected chi connectivity index (χ1v) is 7.33. The van der Waals surface area contributed by atoms with Gasteiger partial charge in [0.2, 0.25) is 0 Å². The second kappa shape index (κ2) is 7.67. The van der Waals surface area contributed by atoms with Crippen molar-refractivity contribution >= 4 is 0 Å². The molecular weight excluding hydrogens is 257 g/mol. The van der Waals surface area contributed by atoms with E-state index >= 15 is 0 Å². The van der Waals surface area contributed by atoms with Crippen LogP contribution in [-0.4, -0.2) is 49.3 Å². The highest BCUT2D eigenvalue weighted by Gasteiger charge is 2.23. The summed E-state index contributed by atoms with van der Waals surface area (Å²) >= 11 is 0. The summed E-state index contributed by atoms with van der Waals surface area (Å²) in [7, 11) is 1.78. The average Bonchev–Trinajstić information content (AvgIpc) is 2.92. The van der Waals surface area contributed by atoms with Gasteiger partial charge in [0, 0.05) is 26.7 Å². The van der Waals surface area contributed by atoms with Crippen molar-refractivity contribution in [2.24, 2.45) is 0 Å². The fourth-order valence-corrected chi connectivity index (χ4v) is 2.70. The summed E-state index contributed by atoms with van der Waals surface area (Å²) in [6, 6.07) is 3.43. The number of likely N-dealkylation sites (tertiary alicyclic amines) is 1. The van der Waals surface area contributed by atoms with Crippen LogP contribution in [-0.2, 0) is 4.74 Å². The van der Waals surface area contributed by atoms with E-state index < -0.39 is 0 Å². The molecule has 0 saturated carbocycles. The van der Waals surface area contributed by atoms with Crippen molar-refractivity contribution in [1.82, 2.24) is 15.2 Å². The van der Waals surface area contributed by atoms with Crippen LogP contribution in [0, 0.1) is 5.82 Å². The first kappa shape index (κ1) is 15.4. The van der Waals surface area contributed by atoms with Gasteiger partial charge in [0.05, 0.1) is 24.0 Å². The lowest BCUT2D eigenvalue weighted by Crippen LogP contribution is -2.29. The Bertz CT molecular complexity index is 399. The van der Waals surface area contributed by atoms with Crippen LogP contribution in [0.5, 0.6) is 0 Å². The van der Waals surface area contributed by atoms with Gasteiger partial charge in [-0.25, -0.2) is 4.39 Å². The zero-order valence-electron chi connectivity index (χ0n) is 12.3. The van der Waals surface area contributed by atoms with E-state index in [-0.39, 0.29) is 11.9 Å². The summed E-state index contributed by atoms with van der Waals surface area (Å²) < 4.78 is 18.3. The molecule has 2 atom stereocenters. The molecule has 112 valence electrons. The van der Waals surface area contributed by atoms with Gasteiger partial charge in [0.1, 0.15) is 5.82 Å². The number of ether oxygens (including phenoxy) is 1. The molecule has 1 saturated heterocycles. The molecule has 20 heavy (non-hydrogen) atoms. The zero-order chi connectivity index (χ0) is 14.4. The Balaban J connectivity index is 1.88. The van der Waals surface area contributed by atoms with Crippen molar-refractivity contribution in [3.05, 3.63) is 29.8 Å². The SMILES string of the molecule is CCNC(CCN1CCC(OC)C1)c1ccc(F)cn1. The molecule has 0 radical (unpaired) electrons. The van der Waals surface area contributed by atoms with Gasteiger partial charge >= 0.3 is 0 Å². The van der Waals surface area contributed by atoms with Crippen LogP contribution < -0.4 is 5.32 Å². The quantitative estimate of drug-likeness (QED) is 0.829. The van der Waals surface area contributed by atoms with Gasteiger partial charge in [0.25, 0.3) is 0 Å². The van der Waals surface area contributed by atoms with E-state index in [0.717, 1.165) is 44.7 Å². The number of rotatable bonds is 7. The van der Waals surface area contributed by atoms with Crippen LogP contribution >= 0.6 is 0 Å². The van der Waals surface area contributed by atoms with E-state index in [1.54, 1.807) is 13.2 Å². The number of nitrogens with zero attached hydrogens (tertiary/aromatic N) is 2. The second-order valence-electron chi connectivity index (χ2n) is 5.25. The predicted molar refractivity (Wildman–Crippen MR) is 77.1 cm³/mol. The van der Waals surface area contributed by atoms with E-state index in [1.165, 1.54) is 12.3 Å². The highest BCUT2D eigenvalue weighted by atomic mass is 19.1.